The highest BCUT2D eigenvalue weighted by Crippen LogP contribution is 2.21. The number of hydrogen-bond donors (Lipinski definition) is 1. The number of aromatic carboxylic acids is 1. The first-order chi connectivity index (χ1) is 9.54. The molecule has 0 atom stereocenters. The highest BCUT2D eigenvalue weighted by Gasteiger charge is 2.20. The third-order valence-corrected chi connectivity index (χ3v) is 2.82. The van der Waals surface area contributed by atoms with Crippen LogP contribution in [0, 0.1) is 5.82 Å². The number of benzene rings is 2. The maximum atomic E-state index is 13.9. The molecule has 2 aromatic rings. The molecule has 0 bridgehead atoms. The van der Waals surface area contributed by atoms with Crippen molar-refractivity contribution in [2.24, 2.45) is 0 Å². The maximum absolute atomic E-state index is 13.9. The van der Waals surface area contributed by atoms with Crippen molar-refractivity contribution in [3.05, 3.63) is 65.0 Å². The molecule has 0 amide bonds. The number of methoxy groups -OCH3 is 1. The Labute approximate surface area is 114 Å². The molecule has 0 aromatic heterocycles. The summed E-state index contributed by atoms with van der Waals surface area (Å²) in [6.07, 6.45) is 0. The molecule has 0 radical (unpaired) electrons. The Kier molecular flexibility index (Phi) is 3.79. The largest absolute Gasteiger partial charge is 0.497 e. The van der Waals surface area contributed by atoms with Crippen molar-refractivity contribution in [2.45, 2.75) is 0 Å². The summed E-state index contributed by atoms with van der Waals surface area (Å²) in [6, 6.07) is 9.49. The molecule has 0 heterocycles. The van der Waals surface area contributed by atoms with E-state index in [4.69, 9.17) is 9.84 Å². The first-order valence-corrected chi connectivity index (χ1v) is 5.75. The minimum Gasteiger partial charge on any atom is -0.497 e. The van der Waals surface area contributed by atoms with Crippen LogP contribution in [0.5, 0.6) is 5.75 Å². The van der Waals surface area contributed by atoms with E-state index in [1.165, 1.54) is 43.5 Å². The zero-order valence-electron chi connectivity index (χ0n) is 10.6. The predicted octanol–water partition coefficient (Wildman–Crippen LogP) is 2.76. The zero-order chi connectivity index (χ0) is 14.7. The summed E-state index contributed by atoms with van der Waals surface area (Å²) in [7, 11) is 1.38. The maximum Gasteiger partial charge on any atom is 0.336 e. The Bertz CT molecular complexity index is 679. The number of carbonyl (C=O) groups is 2. The van der Waals surface area contributed by atoms with Crippen LogP contribution in [0.25, 0.3) is 0 Å². The fourth-order valence-corrected chi connectivity index (χ4v) is 1.82. The molecule has 5 heteroatoms. The lowest BCUT2D eigenvalue weighted by Crippen LogP contribution is -2.11. The number of ether oxygens (including phenoxy) is 1. The first-order valence-electron chi connectivity index (χ1n) is 5.75. The molecule has 0 aliphatic carbocycles. The molecular formula is C15H11FO4. The van der Waals surface area contributed by atoms with E-state index >= 15 is 0 Å². The first kappa shape index (κ1) is 13.7. The molecule has 0 saturated heterocycles. The SMILES string of the molecule is COc1ccc(C(=O)c2ccccc2C(=O)O)c(F)c1. The standard InChI is InChI=1S/C15H11FO4/c1-20-9-6-7-12(13(16)8-9)14(17)10-4-2-3-5-11(10)15(18)19/h2-8H,1H3,(H,18,19). The van der Waals surface area contributed by atoms with Crippen molar-refractivity contribution in [1.82, 2.24) is 0 Å². The van der Waals surface area contributed by atoms with E-state index in [0.29, 0.717) is 0 Å². The van der Waals surface area contributed by atoms with Crippen molar-refractivity contribution in [2.75, 3.05) is 7.11 Å². The van der Waals surface area contributed by atoms with Crippen LogP contribution in [0.2, 0.25) is 0 Å². The molecular weight excluding hydrogens is 263 g/mol. The number of ketones is 1. The lowest BCUT2D eigenvalue weighted by Gasteiger charge is -2.07. The molecule has 0 spiro atoms. The van der Waals surface area contributed by atoms with Crippen LogP contribution in [0.1, 0.15) is 26.3 Å². The van der Waals surface area contributed by atoms with Gasteiger partial charge in [0.05, 0.1) is 18.2 Å². The second kappa shape index (κ2) is 5.52. The van der Waals surface area contributed by atoms with Gasteiger partial charge in [-0.3, -0.25) is 4.79 Å². The summed E-state index contributed by atoms with van der Waals surface area (Å²) in [5.74, 6) is -2.38. The molecule has 2 rings (SSSR count). The molecule has 0 saturated carbocycles. The molecule has 0 unspecified atom stereocenters. The van der Waals surface area contributed by atoms with Gasteiger partial charge in [-0.25, -0.2) is 9.18 Å². The van der Waals surface area contributed by atoms with Crippen LogP contribution in [0.4, 0.5) is 4.39 Å². The van der Waals surface area contributed by atoms with Gasteiger partial charge in [0.15, 0.2) is 5.78 Å². The number of carboxylic acids is 1. The van der Waals surface area contributed by atoms with Gasteiger partial charge in [0.1, 0.15) is 11.6 Å². The minimum absolute atomic E-state index is 0.0518. The van der Waals surface area contributed by atoms with Gasteiger partial charge in [-0.1, -0.05) is 18.2 Å². The van der Waals surface area contributed by atoms with Crippen molar-refractivity contribution in [1.29, 1.82) is 0 Å². The van der Waals surface area contributed by atoms with Crippen LogP contribution in [0.15, 0.2) is 42.5 Å². The molecule has 0 aliphatic rings. The van der Waals surface area contributed by atoms with Gasteiger partial charge < -0.3 is 9.84 Å². The van der Waals surface area contributed by atoms with Crippen molar-refractivity contribution in [3.8, 4) is 5.75 Å². The smallest absolute Gasteiger partial charge is 0.336 e. The third kappa shape index (κ3) is 2.51. The highest BCUT2D eigenvalue weighted by molar-refractivity contribution is 6.14. The molecule has 20 heavy (non-hydrogen) atoms. The van der Waals surface area contributed by atoms with Crippen LogP contribution < -0.4 is 4.74 Å². The van der Waals surface area contributed by atoms with E-state index in [-0.39, 0.29) is 22.4 Å². The van der Waals surface area contributed by atoms with E-state index in [1.54, 1.807) is 0 Å². The normalized spacial score (nSPS) is 10.1. The molecule has 4 nitrogen and oxygen atoms in total. The van der Waals surface area contributed by atoms with Gasteiger partial charge in [-0.15, -0.1) is 0 Å². The summed E-state index contributed by atoms with van der Waals surface area (Å²) in [6.45, 7) is 0. The molecule has 2 aromatic carbocycles. The number of carbonyl (C=O) groups excluding carboxylic acids is 1. The van der Waals surface area contributed by atoms with E-state index in [0.717, 1.165) is 6.07 Å². The van der Waals surface area contributed by atoms with Crippen LogP contribution in [0.3, 0.4) is 0 Å². The monoisotopic (exact) mass is 274 g/mol. The van der Waals surface area contributed by atoms with Crippen molar-refractivity contribution in [3.63, 3.8) is 0 Å². The van der Waals surface area contributed by atoms with Gasteiger partial charge in [0, 0.05) is 11.6 Å². The van der Waals surface area contributed by atoms with Gasteiger partial charge in [0.2, 0.25) is 0 Å². The minimum atomic E-state index is -1.23. The molecule has 1 N–H and O–H groups in total. The van der Waals surface area contributed by atoms with Crippen molar-refractivity contribution < 1.29 is 23.8 Å². The Balaban J connectivity index is 2.49. The average molecular weight is 274 g/mol. The number of hydrogen-bond acceptors (Lipinski definition) is 3. The summed E-state index contributed by atoms with van der Waals surface area (Å²) < 4.78 is 18.7. The molecule has 0 aliphatic heterocycles. The molecule has 102 valence electrons. The summed E-state index contributed by atoms with van der Waals surface area (Å²) in [5.41, 5.74) is -0.406. The van der Waals surface area contributed by atoms with Gasteiger partial charge in [-0.05, 0) is 18.2 Å². The zero-order valence-corrected chi connectivity index (χ0v) is 10.6. The summed E-state index contributed by atoms with van der Waals surface area (Å²) in [4.78, 5) is 23.3. The lowest BCUT2D eigenvalue weighted by atomic mass is 9.98. The second-order valence-corrected chi connectivity index (χ2v) is 4.03. The quantitative estimate of drug-likeness (QED) is 0.871. The van der Waals surface area contributed by atoms with Crippen LogP contribution in [-0.2, 0) is 0 Å². The third-order valence-electron chi connectivity index (χ3n) is 2.82. The highest BCUT2D eigenvalue weighted by atomic mass is 19.1. The average Bonchev–Trinajstić information content (AvgIpc) is 2.46. The lowest BCUT2D eigenvalue weighted by molar-refractivity contribution is 0.0692. The Hall–Kier alpha value is -2.69. The fraction of sp³-hybridized carbons (Fsp3) is 0.0667. The van der Waals surface area contributed by atoms with E-state index in [9.17, 15) is 14.0 Å². The van der Waals surface area contributed by atoms with Gasteiger partial charge >= 0.3 is 5.97 Å². The molecule has 0 fully saturated rings. The number of rotatable bonds is 4. The van der Waals surface area contributed by atoms with Gasteiger partial charge in [-0.2, -0.15) is 0 Å². The van der Waals surface area contributed by atoms with E-state index in [2.05, 4.69) is 0 Å². The Morgan fingerprint density at radius 1 is 1.05 bits per heavy atom. The van der Waals surface area contributed by atoms with Crippen LogP contribution in [-0.4, -0.2) is 24.0 Å². The van der Waals surface area contributed by atoms with Crippen LogP contribution >= 0.6 is 0 Å². The van der Waals surface area contributed by atoms with Gasteiger partial charge in [0.25, 0.3) is 0 Å². The number of halogens is 1. The van der Waals surface area contributed by atoms with E-state index in [1.807, 2.05) is 0 Å². The van der Waals surface area contributed by atoms with E-state index < -0.39 is 17.6 Å². The number of carboxylic acid groups (broad SMARTS) is 1. The Morgan fingerprint density at radius 2 is 1.70 bits per heavy atom. The predicted molar refractivity (Wildman–Crippen MR) is 69.8 cm³/mol. The summed E-state index contributed by atoms with van der Waals surface area (Å²) >= 11 is 0. The van der Waals surface area contributed by atoms with Crippen molar-refractivity contribution >= 4 is 11.8 Å². The second-order valence-electron chi connectivity index (χ2n) is 4.03. The summed E-state index contributed by atoms with van der Waals surface area (Å²) in [5, 5.41) is 9.05. The Morgan fingerprint density at radius 3 is 2.25 bits per heavy atom. The fourth-order valence-electron chi connectivity index (χ4n) is 1.82. The topological polar surface area (TPSA) is 63.6 Å².